The molecule has 0 saturated carbocycles. The van der Waals surface area contributed by atoms with Crippen LogP contribution in [-0.2, 0) is 14.3 Å². The molecular formula is C11H21NO3. The zero-order chi connectivity index (χ0) is 11.4. The normalized spacial score (nSPS) is 9.93. The van der Waals surface area contributed by atoms with Crippen LogP contribution in [0.1, 0.15) is 19.8 Å². The number of carbonyl (C=O) groups excluding carboxylic acids is 1. The minimum absolute atomic E-state index is 0.155. The molecule has 0 fully saturated rings. The Kier molecular flexibility index (Phi) is 10.6. The second-order valence-corrected chi connectivity index (χ2v) is 2.99. The second-order valence-electron chi connectivity index (χ2n) is 2.99. The maximum Gasteiger partial charge on any atom is 0.307 e. The van der Waals surface area contributed by atoms with Crippen molar-refractivity contribution in [1.82, 2.24) is 5.32 Å². The van der Waals surface area contributed by atoms with Gasteiger partial charge in [0, 0.05) is 13.1 Å². The lowest BCUT2D eigenvalue weighted by atomic mass is 10.4. The zero-order valence-electron chi connectivity index (χ0n) is 9.46. The summed E-state index contributed by atoms with van der Waals surface area (Å²) in [5, 5.41) is 3.10. The van der Waals surface area contributed by atoms with E-state index in [0.717, 1.165) is 13.0 Å². The molecule has 0 aromatic rings. The first-order chi connectivity index (χ1) is 7.31. The molecule has 0 aromatic heterocycles. The molecule has 0 saturated heterocycles. The van der Waals surface area contributed by atoms with Gasteiger partial charge in [0.15, 0.2) is 0 Å². The van der Waals surface area contributed by atoms with E-state index in [1.54, 1.807) is 6.92 Å². The van der Waals surface area contributed by atoms with Crippen LogP contribution < -0.4 is 5.32 Å². The molecule has 0 heterocycles. The van der Waals surface area contributed by atoms with Crippen LogP contribution >= 0.6 is 0 Å². The fourth-order valence-corrected chi connectivity index (χ4v) is 0.962. The van der Waals surface area contributed by atoms with Crippen molar-refractivity contribution < 1.29 is 14.3 Å². The lowest BCUT2D eigenvalue weighted by molar-refractivity contribution is -0.142. The zero-order valence-corrected chi connectivity index (χ0v) is 9.46. The molecule has 0 atom stereocenters. The topological polar surface area (TPSA) is 47.6 Å². The van der Waals surface area contributed by atoms with Crippen LogP contribution in [0, 0.1) is 0 Å². The van der Waals surface area contributed by atoms with Gasteiger partial charge in [-0.1, -0.05) is 6.08 Å². The monoisotopic (exact) mass is 215 g/mol. The highest BCUT2D eigenvalue weighted by atomic mass is 16.5. The molecule has 4 heteroatoms. The molecular weight excluding hydrogens is 194 g/mol. The summed E-state index contributed by atoms with van der Waals surface area (Å²) in [4.78, 5) is 10.9. The van der Waals surface area contributed by atoms with E-state index in [4.69, 9.17) is 9.47 Å². The van der Waals surface area contributed by atoms with Crippen molar-refractivity contribution in [1.29, 1.82) is 0 Å². The lowest BCUT2D eigenvalue weighted by Gasteiger charge is -2.05. The van der Waals surface area contributed by atoms with Crippen LogP contribution in [0.15, 0.2) is 12.7 Å². The van der Waals surface area contributed by atoms with Gasteiger partial charge in [0.25, 0.3) is 0 Å². The first-order valence-electron chi connectivity index (χ1n) is 5.36. The first kappa shape index (κ1) is 14.1. The number of hydrogen-bond donors (Lipinski definition) is 1. The Hall–Kier alpha value is -0.870. The van der Waals surface area contributed by atoms with E-state index in [2.05, 4.69) is 11.9 Å². The fourth-order valence-electron chi connectivity index (χ4n) is 0.962. The summed E-state index contributed by atoms with van der Waals surface area (Å²) in [6.07, 6.45) is 3.12. The highest BCUT2D eigenvalue weighted by molar-refractivity contribution is 5.69. The predicted octanol–water partition coefficient (Wildman–Crippen LogP) is 1.12. The summed E-state index contributed by atoms with van der Waals surface area (Å²) < 4.78 is 10.1. The van der Waals surface area contributed by atoms with E-state index < -0.39 is 0 Å². The van der Waals surface area contributed by atoms with Crippen molar-refractivity contribution in [2.24, 2.45) is 0 Å². The molecule has 0 rings (SSSR count). The van der Waals surface area contributed by atoms with Crippen molar-refractivity contribution in [2.75, 3.05) is 32.9 Å². The van der Waals surface area contributed by atoms with Gasteiger partial charge in [-0.25, -0.2) is 0 Å². The number of ether oxygens (including phenoxy) is 2. The van der Waals surface area contributed by atoms with Gasteiger partial charge in [0.1, 0.15) is 0 Å². The van der Waals surface area contributed by atoms with Crippen molar-refractivity contribution in [2.45, 2.75) is 19.8 Å². The predicted molar refractivity (Wildman–Crippen MR) is 59.8 cm³/mol. The standard InChI is InChI=1S/C11H21NO3/c1-3-5-9-14-10-8-12-7-6-11(13)15-4-2/h3,12H,1,4-10H2,2H3. The van der Waals surface area contributed by atoms with E-state index in [-0.39, 0.29) is 5.97 Å². The van der Waals surface area contributed by atoms with Crippen molar-refractivity contribution in [3.8, 4) is 0 Å². The van der Waals surface area contributed by atoms with E-state index in [1.807, 2.05) is 6.08 Å². The molecule has 4 nitrogen and oxygen atoms in total. The molecule has 0 aliphatic carbocycles. The molecule has 0 amide bonds. The van der Waals surface area contributed by atoms with Gasteiger partial charge in [-0.15, -0.1) is 6.58 Å². The van der Waals surface area contributed by atoms with Crippen molar-refractivity contribution in [3.63, 3.8) is 0 Å². The van der Waals surface area contributed by atoms with Gasteiger partial charge in [-0.2, -0.15) is 0 Å². The molecule has 0 aliphatic heterocycles. The number of carbonyl (C=O) groups is 1. The van der Waals surface area contributed by atoms with Gasteiger partial charge >= 0.3 is 5.97 Å². The van der Waals surface area contributed by atoms with Crippen LogP contribution in [0.3, 0.4) is 0 Å². The Labute approximate surface area is 91.6 Å². The summed E-state index contributed by atoms with van der Waals surface area (Å²) in [5.41, 5.74) is 0. The average molecular weight is 215 g/mol. The molecule has 1 N–H and O–H groups in total. The van der Waals surface area contributed by atoms with Crippen LogP contribution in [0.25, 0.3) is 0 Å². The Bertz CT molecular complexity index is 171. The SMILES string of the molecule is C=CCCOCCNCCC(=O)OCC. The minimum atomic E-state index is -0.155. The second kappa shape index (κ2) is 11.2. The molecule has 0 aliphatic rings. The van der Waals surface area contributed by atoms with E-state index in [1.165, 1.54) is 0 Å². The third-order valence-electron chi connectivity index (χ3n) is 1.70. The molecule has 88 valence electrons. The highest BCUT2D eigenvalue weighted by Crippen LogP contribution is 1.85. The molecule has 0 spiro atoms. The Morgan fingerprint density at radius 3 is 2.87 bits per heavy atom. The maximum atomic E-state index is 10.9. The summed E-state index contributed by atoms with van der Waals surface area (Å²) in [7, 11) is 0. The van der Waals surface area contributed by atoms with Crippen molar-refractivity contribution in [3.05, 3.63) is 12.7 Å². The average Bonchev–Trinajstić information content (AvgIpc) is 2.22. The molecule has 0 bridgehead atoms. The fraction of sp³-hybridized carbons (Fsp3) is 0.727. The van der Waals surface area contributed by atoms with Gasteiger partial charge in [-0.05, 0) is 13.3 Å². The van der Waals surface area contributed by atoms with Crippen LogP contribution in [0.2, 0.25) is 0 Å². The highest BCUT2D eigenvalue weighted by Gasteiger charge is 1.99. The van der Waals surface area contributed by atoms with Gasteiger partial charge in [-0.3, -0.25) is 4.79 Å². The number of esters is 1. The minimum Gasteiger partial charge on any atom is -0.466 e. The van der Waals surface area contributed by atoms with E-state index in [0.29, 0.717) is 32.8 Å². The largest absolute Gasteiger partial charge is 0.466 e. The number of nitrogens with one attached hydrogen (secondary N) is 1. The van der Waals surface area contributed by atoms with Crippen LogP contribution in [-0.4, -0.2) is 38.9 Å². The van der Waals surface area contributed by atoms with Gasteiger partial charge in [0.2, 0.25) is 0 Å². The Balaban J connectivity index is 3.04. The molecule has 0 aromatic carbocycles. The van der Waals surface area contributed by atoms with Crippen molar-refractivity contribution >= 4 is 5.97 Å². The maximum absolute atomic E-state index is 10.9. The Morgan fingerprint density at radius 1 is 1.40 bits per heavy atom. The summed E-state index contributed by atoms with van der Waals surface area (Å²) in [6, 6.07) is 0. The summed E-state index contributed by atoms with van der Waals surface area (Å²) in [5.74, 6) is -0.155. The Morgan fingerprint density at radius 2 is 2.20 bits per heavy atom. The lowest BCUT2D eigenvalue weighted by Crippen LogP contribution is -2.23. The van der Waals surface area contributed by atoms with Gasteiger partial charge in [0.05, 0.1) is 26.2 Å². The summed E-state index contributed by atoms with van der Waals surface area (Å²) in [6.45, 7) is 8.63. The third-order valence-corrected chi connectivity index (χ3v) is 1.70. The quantitative estimate of drug-likeness (QED) is 0.337. The molecule has 0 unspecified atom stereocenters. The smallest absolute Gasteiger partial charge is 0.307 e. The van der Waals surface area contributed by atoms with E-state index >= 15 is 0 Å². The van der Waals surface area contributed by atoms with E-state index in [9.17, 15) is 4.79 Å². The number of rotatable bonds is 10. The first-order valence-corrected chi connectivity index (χ1v) is 5.36. The summed E-state index contributed by atoms with van der Waals surface area (Å²) >= 11 is 0. The van der Waals surface area contributed by atoms with Crippen LogP contribution in [0.5, 0.6) is 0 Å². The molecule has 0 radical (unpaired) electrons. The third kappa shape index (κ3) is 11.1. The van der Waals surface area contributed by atoms with Gasteiger partial charge < -0.3 is 14.8 Å². The number of hydrogen-bond acceptors (Lipinski definition) is 4. The van der Waals surface area contributed by atoms with Crippen LogP contribution in [0.4, 0.5) is 0 Å². The molecule has 15 heavy (non-hydrogen) atoms.